The molecular weight excluding hydrogens is 365 g/mol. The predicted octanol–water partition coefficient (Wildman–Crippen LogP) is 3.35. The summed E-state index contributed by atoms with van der Waals surface area (Å²) >= 11 is 2.25. The first-order valence-electron chi connectivity index (χ1n) is 6.60. The van der Waals surface area contributed by atoms with Crippen molar-refractivity contribution in [1.82, 2.24) is 9.97 Å². The summed E-state index contributed by atoms with van der Waals surface area (Å²) in [6.07, 6.45) is 2.41. The molecule has 0 radical (unpaired) electrons. The number of hydrogen-bond acceptors (Lipinski definition) is 4. The van der Waals surface area contributed by atoms with Crippen LogP contribution < -0.4 is 5.73 Å². The maximum Gasteiger partial charge on any atom is 0.161 e. The summed E-state index contributed by atoms with van der Waals surface area (Å²) in [7, 11) is 1.69. The average molecular weight is 381 g/mol. The van der Waals surface area contributed by atoms with Crippen molar-refractivity contribution < 1.29 is 4.74 Å². The van der Waals surface area contributed by atoms with Gasteiger partial charge in [-0.1, -0.05) is 24.3 Å². The lowest BCUT2D eigenvalue weighted by Crippen LogP contribution is -2.04. The monoisotopic (exact) mass is 381 g/mol. The van der Waals surface area contributed by atoms with E-state index in [4.69, 9.17) is 15.5 Å². The van der Waals surface area contributed by atoms with Gasteiger partial charge in [-0.3, -0.25) is 0 Å². The molecule has 2 aromatic rings. The van der Waals surface area contributed by atoms with Crippen molar-refractivity contribution in [2.45, 2.75) is 25.4 Å². The predicted molar refractivity (Wildman–Crippen MR) is 87.3 cm³/mol. The van der Waals surface area contributed by atoms with Crippen LogP contribution in [-0.4, -0.2) is 17.1 Å². The smallest absolute Gasteiger partial charge is 0.161 e. The summed E-state index contributed by atoms with van der Waals surface area (Å²) < 4.78 is 6.12. The molecule has 3 rings (SSSR count). The lowest BCUT2D eigenvalue weighted by Gasteiger charge is -2.09. The number of anilines is 1. The topological polar surface area (TPSA) is 61.0 Å². The van der Waals surface area contributed by atoms with E-state index in [1.165, 1.54) is 12.8 Å². The van der Waals surface area contributed by atoms with E-state index in [9.17, 15) is 0 Å². The van der Waals surface area contributed by atoms with Gasteiger partial charge < -0.3 is 10.5 Å². The van der Waals surface area contributed by atoms with E-state index in [1.807, 2.05) is 24.3 Å². The zero-order valence-corrected chi connectivity index (χ0v) is 13.4. The first-order valence-corrected chi connectivity index (χ1v) is 7.68. The SMILES string of the molecule is COCc1ccc(-c2nc(N)c(I)c(C3CC3)n2)cc1. The summed E-state index contributed by atoms with van der Waals surface area (Å²) in [5.41, 5.74) is 9.26. The molecule has 0 aliphatic heterocycles. The van der Waals surface area contributed by atoms with Crippen LogP contribution in [0.1, 0.15) is 30.0 Å². The van der Waals surface area contributed by atoms with Gasteiger partial charge in [-0.2, -0.15) is 0 Å². The third kappa shape index (κ3) is 2.78. The standard InChI is InChI=1S/C15H16IN3O/c1-20-8-9-2-4-11(5-3-9)15-18-13(10-6-7-10)12(16)14(17)19-15/h2-5,10H,6-8H2,1H3,(H2,17,18,19). The van der Waals surface area contributed by atoms with Crippen molar-refractivity contribution >= 4 is 28.4 Å². The molecule has 1 aromatic heterocycles. The maximum absolute atomic E-state index is 6.02. The fourth-order valence-electron chi connectivity index (χ4n) is 2.16. The van der Waals surface area contributed by atoms with E-state index >= 15 is 0 Å². The van der Waals surface area contributed by atoms with E-state index < -0.39 is 0 Å². The number of aromatic nitrogens is 2. The highest BCUT2D eigenvalue weighted by Gasteiger charge is 2.29. The van der Waals surface area contributed by atoms with Crippen LogP contribution in [0.2, 0.25) is 0 Å². The Labute approximate surface area is 131 Å². The van der Waals surface area contributed by atoms with Crippen molar-refractivity contribution in [3.8, 4) is 11.4 Å². The quantitative estimate of drug-likeness (QED) is 0.826. The lowest BCUT2D eigenvalue weighted by atomic mass is 10.1. The number of rotatable bonds is 4. The molecule has 5 heteroatoms. The molecule has 20 heavy (non-hydrogen) atoms. The molecule has 1 aromatic carbocycles. The summed E-state index contributed by atoms with van der Waals surface area (Å²) in [4.78, 5) is 9.13. The van der Waals surface area contributed by atoms with Crippen LogP contribution in [0.15, 0.2) is 24.3 Å². The van der Waals surface area contributed by atoms with Crippen LogP contribution in [0.25, 0.3) is 11.4 Å². The average Bonchev–Trinajstić information content (AvgIpc) is 3.27. The fourth-order valence-corrected chi connectivity index (χ4v) is 2.84. The Morgan fingerprint density at radius 3 is 2.55 bits per heavy atom. The van der Waals surface area contributed by atoms with Crippen LogP contribution in [0, 0.1) is 3.57 Å². The zero-order chi connectivity index (χ0) is 14.1. The second-order valence-electron chi connectivity index (χ2n) is 5.04. The number of benzene rings is 1. The lowest BCUT2D eigenvalue weighted by molar-refractivity contribution is 0.185. The van der Waals surface area contributed by atoms with E-state index in [-0.39, 0.29) is 0 Å². The van der Waals surface area contributed by atoms with E-state index in [0.717, 1.165) is 20.4 Å². The molecule has 0 unspecified atom stereocenters. The van der Waals surface area contributed by atoms with E-state index in [2.05, 4.69) is 27.6 Å². The van der Waals surface area contributed by atoms with Gasteiger partial charge in [0, 0.05) is 18.6 Å². The highest BCUT2D eigenvalue weighted by Crippen LogP contribution is 2.42. The van der Waals surface area contributed by atoms with Crippen LogP contribution in [0.3, 0.4) is 0 Å². The van der Waals surface area contributed by atoms with Gasteiger partial charge in [-0.05, 0) is 41.0 Å². The third-order valence-corrected chi connectivity index (χ3v) is 4.49. The van der Waals surface area contributed by atoms with Crippen LogP contribution >= 0.6 is 22.6 Å². The van der Waals surface area contributed by atoms with Crippen molar-refractivity contribution in [1.29, 1.82) is 0 Å². The molecule has 0 saturated heterocycles. The maximum atomic E-state index is 6.02. The molecule has 104 valence electrons. The minimum absolute atomic E-state index is 0.568. The molecular formula is C15H16IN3O. The first kappa shape index (κ1) is 13.8. The Balaban J connectivity index is 1.96. The van der Waals surface area contributed by atoms with Crippen molar-refractivity contribution in [3.63, 3.8) is 0 Å². The van der Waals surface area contributed by atoms with Gasteiger partial charge in [0.1, 0.15) is 5.82 Å². The second kappa shape index (κ2) is 5.65. The van der Waals surface area contributed by atoms with Crippen molar-refractivity contribution in [2.24, 2.45) is 0 Å². The number of nitrogens with zero attached hydrogens (tertiary/aromatic N) is 2. The molecule has 0 spiro atoms. The molecule has 4 nitrogen and oxygen atoms in total. The highest BCUT2D eigenvalue weighted by molar-refractivity contribution is 14.1. The van der Waals surface area contributed by atoms with Gasteiger partial charge in [0.05, 0.1) is 15.9 Å². The normalized spacial score (nSPS) is 14.5. The molecule has 1 saturated carbocycles. The van der Waals surface area contributed by atoms with E-state index in [1.54, 1.807) is 7.11 Å². The molecule has 1 aliphatic rings. The molecule has 1 fully saturated rings. The van der Waals surface area contributed by atoms with Gasteiger partial charge in [0.2, 0.25) is 0 Å². The Kier molecular flexibility index (Phi) is 3.89. The third-order valence-electron chi connectivity index (χ3n) is 3.39. The fraction of sp³-hybridized carbons (Fsp3) is 0.333. The summed E-state index contributed by atoms with van der Waals surface area (Å²) in [5.74, 6) is 1.87. The first-order chi connectivity index (χ1) is 9.69. The minimum Gasteiger partial charge on any atom is -0.383 e. The minimum atomic E-state index is 0.568. The van der Waals surface area contributed by atoms with Crippen LogP contribution in [-0.2, 0) is 11.3 Å². The van der Waals surface area contributed by atoms with Gasteiger partial charge >= 0.3 is 0 Å². The Morgan fingerprint density at radius 2 is 1.95 bits per heavy atom. The number of hydrogen-bond donors (Lipinski definition) is 1. The molecule has 1 aliphatic carbocycles. The Bertz CT molecular complexity index is 624. The molecule has 0 amide bonds. The molecule has 1 heterocycles. The van der Waals surface area contributed by atoms with Gasteiger partial charge in [-0.25, -0.2) is 9.97 Å². The van der Waals surface area contributed by atoms with Gasteiger partial charge in [0.15, 0.2) is 5.82 Å². The van der Waals surface area contributed by atoms with Crippen molar-refractivity contribution in [2.75, 3.05) is 12.8 Å². The number of nitrogen functional groups attached to an aromatic ring is 1. The molecule has 0 atom stereocenters. The van der Waals surface area contributed by atoms with Gasteiger partial charge in [-0.15, -0.1) is 0 Å². The van der Waals surface area contributed by atoms with Crippen molar-refractivity contribution in [3.05, 3.63) is 39.1 Å². The summed E-state index contributed by atoms with van der Waals surface area (Å²) in [5, 5.41) is 0. The molecule has 0 bridgehead atoms. The van der Waals surface area contributed by atoms with Crippen LogP contribution in [0.5, 0.6) is 0 Å². The summed E-state index contributed by atoms with van der Waals surface area (Å²) in [6.45, 7) is 0.614. The zero-order valence-electron chi connectivity index (χ0n) is 11.3. The summed E-state index contributed by atoms with van der Waals surface area (Å²) in [6, 6.07) is 8.11. The van der Waals surface area contributed by atoms with Crippen LogP contribution in [0.4, 0.5) is 5.82 Å². The Morgan fingerprint density at radius 1 is 1.25 bits per heavy atom. The number of halogens is 1. The number of ether oxygens (including phenoxy) is 1. The van der Waals surface area contributed by atoms with Gasteiger partial charge in [0.25, 0.3) is 0 Å². The Hall–Kier alpha value is -1.21. The highest BCUT2D eigenvalue weighted by atomic mass is 127. The largest absolute Gasteiger partial charge is 0.383 e. The number of nitrogens with two attached hydrogens (primary N) is 1. The second-order valence-corrected chi connectivity index (χ2v) is 6.11. The molecule has 2 N–H and O–H groups in total. The van der Waals surface area contributed by atoms with E-state index in [0.29, 0.717) is 24.2 Å². The number of methoxy groups -OCH3 is 1.